The summed E-state index contributed by atoms with van der Waals surface area (Å²) in [6.45, 7) is 9.09. The highest BCUT2D eigenvalue weighted by Gasteiger charge is 2.47. The molecule has 0 aromatic heterocycles. The van der Waals surface area contributed by atoms with E-state index in [4.69, 9.17) is 0 Å². The highest BCUT2D eigenvalue weighted by Crippen LogP contribution is 2.39. The van der Waals surface area contributed by atoms with Gasteiger partial charge >= 0.3 is 6.03 Å². The number of benzene rings is 2. The number of hydrogen-bond acceptors (Lipinski definition) is 3. The van der Waals surface area contributed by atoms with Gasteiger partial charge in [0.15, 0.2) is 0 Å². The normalized spacial score (nSPS) is 18.8. The van der Waals surface area contributed by atoms with Gasteiger partial charge in [-0.05, 0) is 30.9 Å². The van der Waals surface area contributed by atoms with Crippen LogP contribution in [0.3, 0.4) is 0 Å². The lowest BCUT2D eigenvalue weighted by Gasteiger charge is -2.33. The molecule has 0 spiro atoms. The third-order valence-electron chi connectivity index (χ3n) is 6.34. The quantitative estimate of drug-likeness (QED) is 0.661. The average molecular weight is 461 g/mol. The minimum absolute atomic E-state index is 0.201. The Hall–Kier alpha value is -3.61. The van der Waals surface area contributed by atoms with E-state index in [1.807, 2.05) is 82.3 Å². The molecule has 0 radical (unpaired) electrons. The van der Waals surface area contributed by atoms with Crippen LogP contribution in [0.15, 0.2) is 65.9 Å². The van der Waals surface area contributed by atoms with E-state index in [1.54, 1.807) is 9.80 Å². The number of hydrogen-bond donors (Lipinski definition) is 2. The zero-order valence-corrected chi connectivity index (χ0v) is 20.2. The number of amides is 4. The average Bonchev–Trinajstić information content (AvgIpc) is 3.15. The second kappa shape index (κ2) is 9.71. The first kappa shape index (κ1) is 23.5. The van der Waals surface area contributed by atoms with Crippen molar-refractivity contribution < 1.29 is 14.4 Å². The van der Waals surface area contributed by atoms with Gasteiger partial charge in [0.2, 0.25) is 5.91 Å². The third kappa shape index (κ3) is 4.42. The lowest BCUT2D eigenvalue weighted by atomic mass is 9.95. The van der Waals surface area contributed by atoms with Gasteiger partial charge in [0, 0.05) is 13.1 Å². The molecular formula is C27H32N4O3. The van der Waals surface area contributed by atoms with Crippen LogP contribution in [0.5, 0.6) is 0 Å². The van der Waals surface area contributed by atoms with Gasteiger partial charge in [-0.1, -0.05) is 74.0 Å². The Kier molecular flexibility index (Phi) is 6.72. The molecule has 0 saturated carbocycles. The molecule has 7 nitrogen and oxygen atoms in total. The zero-order valence-electron chi connectivity index (χ0n) is 20.2. The second-order valence-electron chi connectivity index (χ2n) is 9.28. The molecule has 2 aliphatic heterocycles. The van der Waals surface area contributed by atoms with Crippen LogP contribution in [0, 0.1) is 12.8 Å². The van der Waals surface area contributed by atoms with Crippen LogP contribution in [0.2, 0.25) is 0 Å². The van der Waals surface area contributed by atoms with Gasteiger partial charge in [-0.2, -0.15) is 0 Å². The SMILES string of the molecule is CCN1C(=O)N[C@@H](c2ccc(C)cc2)C2=C1CN([C@H](C(=O)NCC(C)C)c1ccccc1)C2=O. The summed E-state index contributed by atoms with van der Waals surface area (Å²) >= 11 is 0. The topological polar surface area (TPSA) is 81.8 Å². The van der Waals surface area contributed by atoms with Crippen molar-refractivity contribution in [1.29, 1.82) is 0 Å². The van der Waals surface area contributed by atoms with Gasteiger partial charge in [-0.15, -0.1) is 0 Å². The maximum Gasteiger partial charge on any atom is 0.322 e. The Balaban J connectivity index is 1.74. The molecule has 4 amide bonds. The summed E-state index contributed by atoms with van der Waals surface area (Å²) in [7, 11) is 0. The molecule has 2 aromatic rings. The number of carbonyl (C=O) groups is 3. The summed E-state index contributed by atoms with van der Waals surface area (Å²) in [6.07, 6.45) is 0. The molecule has 2 aliphatic rings. The van der Waals surface area contributed by atoms with Crippen LogP contribution >= 0.6 is 0 Å². The van der Waals surface area contributed by atoms with Crippen molar-refractivity contribution in [1.82, 2.24) is 20.4 Å². The van der Waals surface area contributed by atoms with Gasteiger partial charge < -0.3 is 15.5 Å². The van der Waals surface area contributed by atoms with Crippen molar-refractivity contribution in [3.8, 4) is 0 Å². The number of likely N-dealkylation sites (N-methyl/N-ethyl adjacent to an activating group) is 1. The molecule has 0 fully saturated rings. The Morgan fingerprint density at radius 1 is 1.09 bits per heavy atom. The predicted molar refractivity (Wildman–Crippen MR) is 131 cm³/mol. The molecule has 2 atom stereocenters. The first-order valence-electron chi connectivity index (χ1n) is 11.8. The van der Waals surface area contributed by atoms with E-state index in [1.165, 1.54) is 0 Å². The smallest absolute Gasteiger partial charge is 0.322 e. The predicted octanol–water partition coefficient (Wildman–Crippen LogP) is 3.69. The Labute approximate surface area is 200 Å². The van der Waals surface area contributed by atoms with Gasteiger partial charge in [0.25, 0.3) is 5.91 Å². The summed E-state index contributed by atoms with van der Waals surface area (Å²) in [5, 5.41) is 6.00. The minimum Gasteiger partial charge on any atom is -0.354 e. The van der Waals surface area contributed by atoms with Crippen molar-refractivity contribution in [3.63, 3.8) is 0 Å². The summed E-state index contributed by atoms with van der Waals surface area (Å²) in [6, 6.07) is 15.6. The number of rotatable bonds is 7. The third-order valence-corrected chi connectivity index (χ3v) is 6.34. The Morgan fingerprint density at radius 3 is 2.38 bits per heavy atom. The standard InChI is InChI=1S/C27H32N4O3/c1-5-30-21-16-31(24(20-9-7-6-8-10-20)25(32)28-15-17(2)3)26(33)22(21)23(29-27(30)34)19-13-11-18(4)12-14-19/h6-14,17,23-24H,5,15-16H2,1-4H3,(H,28,32)(H,29,34)/t23-,24-/m0/s1. The van der Waals surface area contributed by atoms with E-state index in [-0.39, 0.29) is 30.3 Å². The van der Waals surface area contributed by atoms with Gasteiger partial charge in [0.1, 0.15) is 6.04 Å². The second-order valence-corrected chi connectivity index (χ2v) is 9.28. The molecule has 0 aliphatic carbocycles. The molecule has 2 heterocycles. The number of aryl methyl sites for hydroxylation is 1. The van der Waals surface area contributed by atoms with E-state index < -0.39 is 12.1 Å². The number of carbonyl (C=O) groups excluding carboxylic acids is 3. The number of nitrogens with one attached hydrogen (secondary N) is 2. The van der Waals surface area contributed by atoms with Crippen molar-refractivity contribution >= 4 is 17.8 Å². The van der Waals surface area contributed by atoms with E-state index >= 15 is 0 Å². The molecule has 178 valence electrons. The molecule has 7 heteroatoms. The van der Waals surface area contributed by atoms with Crippen LogP contribution in [-0.2, 0) is 9.59 Å². The van der Waals surface area contributed by atoms with Gasteiger partial charge in [-0.25, -0.2) is 4.79 Å². The van der Waals surface area contributed by atoms with Crippen LogP contribution in [-0.4, -0.2) is 47.3 Å². The Morgan fingerprint density at radius 2 is 1.76 bits per heavy atom. The largest absolute Gasteiger partial charge is 0.354 e. The van der Waals surface area contributed by atoms with Crippen LogP contribution in [0.4, 0.5) is 4.79 Å². The molecule has 0 bridgehead atoms. The monoisotopic (exact) mass is 460 g/mol. The van der Waals surface area contributed by atoms with Crippen molar-refractivity contribution in [2.45, 2.75) is 39.8 Å². The van der Waals surface area contributed by atoms with E-state index in [0.717, 1.165) is 16.7 Å². The fourth-order valence-electron chi connectivity index (χ4n) is 4.57. The zero-order chi connectivity index (χ0) is 24.4. The molecule has 4 rings (SSSR count). The Bertz CT molecular complexity index is 1110. The van der Waals surface area contributed by atoms with Crippen LogP contribution < -0.4 is 10.6 Å². The fourth-order valence-corrected chi connectivity index (χ4v) is 4.57. The maximum atomic E-state index is 13.9. The summed E-state index contributed by atoms with van der Waals surface area (Å²) < 4.78 is 0. The number of urea groups is 1. The summed E-state index contributed by atoms with van der Waals surface area (Å²) in [5.41, 5.74) is 3.88. The van der Waals surface area contributed by atoms with Gasteiger partial charge in [0.05, 0.1) is 23.9 Å². The van der Waals surface area contributed by atoms with E-state index in [0.29, 0.717) is 24.4 Å². The van der Waals surface area contributed by atoms with Crippen molar-refractivity contribution in [2.75, 3.05) is 19.6 Å². The van der Waals surface area contributed by atoms with Crippen LogP contribution in [0.25, 0.3) is 0 Å². The summed E-state index contributed by atoms with van der Waals surface area (Å²) in [5.74, 6) is -0.167. The van der Waals surface area contributed by atoms with Gasteiger partial charge in [-0.3, -0.25) is 14.5 Å². The van der Waals surface area contributed by atoms with E-state index in [9.17, 15) is 14.4 Å². The lowest BCUT2D eigenvalue weighted by Crippen LogP contribution is -2.47. The molecular weight excluding hydrogens is 428 g/mol. The summed E-state index contributed by atoms with van der Waals surface area (Å²) in [4.78, 5) is 43.5. The highest BCUT2D eigenvalue weighted by atomic mass is 16.2. The highest BCUT2D eigenvalue weighted by molar-refractivity contribution is 6.03. The van der Waals surface area contributed by atoms with E-state index in [2.05, 4.69) is 10.6 Å². The molecule has 34 heavy (non-hydrogen) atoms. The lowest BCUT2D eigenvalue weighted by molar-refractivity contribution is -0.136. The first-order valence-corrected chi connectivity index (χ1v) is 11.8. The van der Waals surface area contributed by atoms with Crippen LogP contribution in [0.1, 0.15) is 49.5 Å². The fraction of sp³-hybridized carbons (Fsp3) is 0.370. The molecule has 0 saturated heterocycles. The van der Waals surface area contributed by atoms with Crippen molar-refractivity contribution in [3.05, 3.63) is 82.6 Å². The van der Waals surface area contributed by atoms with Crippen molar-refractivity contribution in [2.24, 2.45) is 5.92 Å². The first-order chi connectivity index (χ1) is 16.3. The number of nitrogens with zero attached hydrogens (tertiary/aromatic N) is 2. The molecule has 2 aromatic carbocycles. The molecule has 2 N–H and O–H groups in total. The molecule has 0 unspecified atom stereocenters. The maximum absolute atomic E-state index is 13.9. The minimum atomic E-state index is -0.787.